The molecule has 1 saturated carbocycles. The number of hydrogen-bond donors (Lipinski definition) is 2. The van der Waals surface area contributed by atoms with Gasteiger partial charge in [0.2, 0.25) is 5.95 Å². The molecule has 2 heterocycles. The van der Waals surface area contributed by atoms with E-state index in [9.17, 15) is 13.2 Å². The second-order valence-electron chi connectivity index (χ2n) is 8.77. The van der Waals surface area contributed by atoms with Crippen molar-refractivity contribution in [1.82, 2.24) is 15.3 Å². The van der Waals surface area contributed by atoms with Crippen LogP contribution in [-0.2, 0) is 16.4 Å². The number of nitrogens with one attached hydrogen (secondary N) is 2. The van der Waals surface area contributed by atoms with Crippen molar-refractivity contribution in [2.45, 2.75) is 36.7 Å². The van der Waals surface area contributed by atoms with Gasteiger partial charge in [0.1, 0.15) is 5.82 Å². The number of halogens is 1. The van der Waals surface area contributed by atoms with Gasteiger partial charge in [-0.05, 0) is 43.5 Å². The Hall–Kier alpha value is -2.47. The average molecular weight is 577 g/mol. The SMILES string of the molecule is Cc1ccc2nc(N3CCS(=O)(=O)c4ccccc4C3)nc(NCC3(NC(=O)I)CC3)c2c1. The summed E-state index contributed by atoms with van der Waals surface area (Å²) >= 11 is 1.76. The molecule has 2 aromatic carbocycles. The van der Waals surface area contributed by atoms with Crippen LogP contribution in [0.15, 0.2) is 47.4 Å². The van der Waals surface area contributed by atoms with Gasteiger partial charge >= 0.3 is 0 Å². The summed E-state index contributed by atoms with van der Waals surface area (Å²) in [5, 5.41) is 7.37. The predicted molar refractivity (Wildman–Crippen MR) is 137 cm³/mol. The Morgan fingerprint density at radius 2 is 1.97 bits per heavy atom. The van der Waals surface area contributed by atoms with Crippen LogP contribution in [0.3, 0.4) is 0 Å². The van der Waals surface area contributed by atoms with Gasteiger partial charge in [-0.3, -0.25) is 4.79 Å². The number of sulfone groups is 1. The highest BCUT2D eigenvalue weighted by Gasteiger charge is 2.43. The minimum atomic E-state index is -3.36. The molecule has 0 radical (unpaired) electrons. The van der Waals surface area contributed by atoms with E-state index >= 15 is 0 Å². The second-order valence-corrected chi connectivity index (χ2v) is 11.8. The summed E-state index contributed by atoms with van der Waals surface area (Å²) in [4.78, 5) is 23.5. The maximum absolute atomic E-state index is 12.8. The Bertz CT molecular complexity index is 1360. The van der Waals surface area contributed by atoms with Gasteiger partial charge in [-0.1, -0.05) is 29.8 Å². The molecule has 2 aliphatic rings. The maximum atomic E-state index is 12.8. The number of anilines is 2. The second kappa shape index (κ2) is 8.39. The highest BCUT2D eigenvalue weighted by atomic mass is 127. The zero-order valence-corrected chi connectivity index (χ0v) is 21.1. The van der Waals surface area contributed by atoms with Crippen LogP contribution < -0.4 is 15.5 Å². The summed E-state index contributed by atoms with van der Waals surface area (Å²) in [5.74, 6) is 1.18. The van der Waals surface area contributed by atoms with Gasteiger partial charge in [0.15, 0.2) is 9.84 Å². The number of nitrogens with zero attached hydrogens (tertiary/aromatic N) is 3. The lowest BCUT2D eigenvalue weighted by Crippen LogP contribution is -2.39. The summed E-state index contributed by atoms with van der Waals surface area (Å²) in [6.45, 7) is 3.31. The van der Waals surface area contributed by atoms with E-state index in [2.05, 4.69) is 10.6 Å². The summed E-state index contributed by atoms with van der Waals surface area (Å²) in [5.41, 5.74) is 2.39. The number of carbonyl (C=O) groups excluding carboxylic acids is 1. The van der Waals surface area contributed by atoms with Gasteiger partial charge < -0.3 is 15.5 Å². The molecule has 1 amide bonds. The molecule has 1 fully saturated rings. The van der Waals surface area contributed by atoms with E-state index in [0.29, 0.717) is 36.3 Å². The number of benzene rings is 2. The lowest BCUT2D eigenvalue weighted by Gasteiger charge is -2.23. The molecule has 0 spiro atoms. The van der Waals surface area contributed by atoms with Crippen molar-refractivity contribution >= 4 is 59.0 Å². The number of hydrogen-bond acceptors (Lipinski definition) is 7. The van der Waals surface area contributed by atoms with Gasteiger partial charge in [0.05, 0.1) is 21.7 Å². The predicted octanol–water partition coefficient (Wildman–Crippen LogP) is 3.82. The zero-order valence-electron chi connectivity index (χ0n) is 18.1. The molecular formula is C23H24IN5O3S. The monoisotopic (exact) mass is 577 g/mol. The van der Waals surface area contributed by atoms with Crippen LogP contribution in [0.1, 0.15) is 24.0 Å². The van der Waals surface area contributed by atoms with E-state index in [-0.39, 0.29) is 15.2 Å². The zero-order chi connectivity index (χ0) is 23.2. The molecule has 1 aliphatic heterocycles. The van der Waals surface area contributed by atoms with Gasteiger partial charge in [0, 0.05) is 47.6 Å². The molecule has 1 aliphatic carbocycles. The molecule has 0 unspecified atom stereocenters. The average Bonchev–Trinajstić information content (AvgIpc) is 3.55. The lowest BCUT2D eigenvalue weighted by atomic mass is 10.1. The van der Waals surface area contributed by atoms with Gasteiger partial charge in [0.25, 0.3) is 3.91 Å². The number of carbonyl (C=O) groups is 1. The van der Waals surface area contributed by atoms with Crippen LogP contribution >= 0.6 is 22.6 Å². The molecule has 3 aromatic rings. The molecule has 33 heavy (non-hydrogen) atoms. The topological polar surface area (TPSA) is 104 Å². The molecule has 0 atom stereocenters. The lowest BCUT2D eigenvalue weighted by molar-refractivity contribution is 0.259. The molecule has 172 valence electrons. The van der Waals surface area contributed by atoms with E-state index in [0.717, 1.165) is 34.9 Å². The van der Waals surface area contributed by atoms with Crippen LogP contribution in [0.5, 0.6) is 0 Å². The molecule has 1 aromatic heterocycles. The molecule has 8 nitrogen and oxygen atoms in total. The third-order valence-electron chi connectivity index (χ3n) is 6.23. The first kappa shape index (κ1) is 22.3. The standard InChI is InChI=1S/C23H24IN5O3S/c1-15-6-7-18-17(12-15)20(25-14-23(8-9-23)28-21(24)30)27-22(26-18)29-10-11-33(31,32)19-5-3-2-4-16(19)13-29/h2-7,12H,8-11,13-14H2,1H3,(H,28,30)(H,25,26,27). The van der Waals surface area contributed by atoms with Crippen molar-refractivity contribution in [3.63, 3.8) is 0 Å². The first-order valence-corrected chi connectivity index (χ1v) is 13.5. The third kappa shape index (κ3) is 4.63. The van der Waals surface area contributed by atoms with Crippen molar-refractivity contribution in [2.24, 2.45) is 0 Å². The van der Waals surface area contributed by atoms with Crippen LogP contribution in [0, 0.1) is 6.92 Å². The molecule has 2 N–H and O–H groups in total. The summed E-state index contributed by atoms with van der Waals surface area (Å²) in [7, 11) is -3.36. The first-order chi connectivity index (χ1) is 15.7. The van der Waals surface area contributed by atoms with Crippen molar-refractivity contribution in [3.8, 4) is 0 Å². The highest BCUT2D eigenvalue weighted by Crippen LogP contribution is 2.37. The highest BCUT2D eigenvalue weighted by molar-refractivity contribution is 14.1. The Balaban J connectivity index is 1.51. The van der Waals surface area contributed by atoms with Crippen molar-refractivity contribution in [1.29, 1.82) is 0 Å². The van der Waals surface area contributed by atoms with Crippen LogP contribution in [0.2, 0.25) is 0 Å². The Morgan fingerprint density at radius 1 is 1.18 bits per heavy atom. The smallest absolute Gasteiger partial charge is 0.281 e. The summed E-state index contributed by atoms with van der Waals surface area (Å²) < 4.78 is 25.5. The van der Waals surface area contributed by atoms with E-state index in [1.165, 1.54) is 0 Å². The molecule has 5 rings (SSSR count). The minimum absolute atomic E-state index is 0.00682. The fourth-order valence-corrected chi connectivity index (χ4v) is 6.27. The maximum Gasteiger partial charge on any atom is 0.281 e. The van der Waals surface area contributed by atoms with E-state index in [1.54, 1.807) is 34.7 Å². The third-order valence-corrected chi connectivity index (χ3v) is 8.29. The van der Waals surface area contributed by atoms with Crippen LogP contribution in [0.4, 0.5) is 16.6 Å². The largest absolute Gasteiger partial charge is 0.367 e. The Morgan fingerprint density at radius 3 is 2.73 bits per heavy atom. The number of amides is 1. The quantitative estimate of drug-likeness (QED) is 0.270. The Labute approximate surface area is 206 Å². The fourth-order valence-electron chi connectivity index (χ4n) is 4.20. The molecular weight excluding hydrogens is 553 g/mol. The first-order valence-electron chi connectivity index (χ1n) is 10.8. The van der Waals surface area contributed by atoms with Crippen molar-refractivity contribution in [3.05, 3.63) is 53.6 Å². The Kier molecular flexibility index (Phi) is 5.68. The normalized spacial score (nSPS) is 18.3. The van der Waals surface area contributed by atoms with Gasteiger partial charge in [-0.2, -0.15) is 4.98 Å². The molecule has 0 saturated heterocycles. The number of fused-ring (bicyclic) bond motifs is 2. The van der Waals surface area contributed by atoms with Crippen molar-refractivity contribution in [2.75, 3.05) is 29.1 Å². The summed E-state index contributed by atoms with van der Waals surface area (Å²) in [6, 6.07) is 13.1. The van der Waals surface area contributed by atoms with Crippen LogP contribution in [0.25, 0.3) is 10.9 Å². The molecule has 10 heteroatoms. The number of rotatable bonds is 5. The van der Waals surface area contributed by atoms with E-state index in [4.69, 9.17) is 9.97 Å². The van der Waals surface area contributed by atoms with Gasteiger partial charge in [-0.25, -0.2) is 13.4 Å². The van der Waals surface area contributed by atoms with E-state index in [1.807, 2.05) is 42.2 Å². The minimum Gasteiger partial charge on any atom is -0.367 e. The molecule has 0 bridgehead atoms. The number of aromatic nitrogens is 2. The fraction of sp³-hybridized carbons (Fsp3) is 0.348. The van der Waals surface area contributed by atoms with E-state index < -0.39 is 9.84 Å². The van der Waals surface area contributed by atoms with Crippen molar-refractivity contribution < 1.29 is 13.2 Å². The van der Waals surface area contributed by atoms with Crippen LogP contribution in [-0.4, -0.2) is 46.7 Å². The number of aryl methyl sites for hydroxylation is 1. The summed E-state index contributed by atoms with van der Waals surface area (Å²) in [6.07, 6.45) is 1.84. The van der Waals surface area contributed by atoms with Gasteiger partial charge in [-0.15, -0.1) is 0 Å².